The Morgan fingerprint density at radius 2 is 1.89 bits per heavy atom. The standard InChI is InChI=1S/C15H16FNO/c1-11(17)13-5-7-15(8-6-13)18-10-12-3-2-4-14(16)9-12/h2-9,11H,10,17H2,1H3/t11-/m1/s1. The Labute approximate surface area is 106 Å². The Morgan fingerprint density at radius 3 is 2.50 bits per heavy atom. The van der Waals surface area contributed by atoms with E-state index in [2.05, 4.69) is 0 Å². The van der Waals surface area contributed by atoms with Gasteiger partial charge >= 0.3 is 0 Å². The molecule has 2 nitrogen and oxygen atoms in total. The van der Waals surface area contributed by atoms with Crippen LogP contribution in [0.5, 0.6) is 5.75 Å². The number of rotatable bonds is 4. The molecule has 0 fully saturated rings. The predicted octanol–water partition coefficient (Wildman–Crippen LogP) is 3.42. The minimum Gasteiger partial charge on any atom is -0.489 e. The van der Waals surface area contributed by atoms with Gasteiger partial charge in [-0.25, -0.2) is 4.39 Å². The molecule has 0 aromatic heterocycles. The van der Waals surface area contributed by atoms with Crippen molar-refractivity contribution < 1.29 is 9.13 Å². The second kappa shape index (κ2) is 5.65. The van der Waals surface area contributed by atoms with Crippen LogP contribution in [-0.2, 0) is 6.61 Å². The molecule has 0 bridgehead atoms. The van der Waals surface area contributed by atoms with E-state index >= 15 is 0 Å². The van der Waals surface area contributed by atoms with Crippen molar-refractivity contribution in [1.82, 2.24) is 0 Å². The van der Waals surface area contributed by atoms with Crippen LogP contribution in [0.4, 0.5) is 4.39 Å². The van der Waals surface area contributed by atoms with Gasteiger partial charge in [0.25, 0.3) is 0 Å². The normalized spacial score (nSPS) is 12.2. The summed E-state index contributed by atoms with van der Waals surface area (Å²) in [6.45, 7) is 2.29. The highest BCUT2D eigenvalue weighted by Gasteiger charge is 2.00. The van der Waals surface area contributed by atoms with E-state index in [0.717, 1.165) is 16.9 Å². The highest BCUT2D eigenvalue weighted by Crippen LogP contribution is 2.17. The van der Waals surface area contributed by atoms with E-state index in [1.54, 1.807) is 6.07 Å². The summed E-state index contributed by atoms with van der Waals surface area (Å²) in [6.07, 6.45) is 0. The Bertz CT molecular complexity index is 508. The van der Waals surface area contributed by atoms with Crippen LogP contribution < -0.4 is 10.5 Å². The molecule has 0 amide bonds. The molecule has 94 valence electrons. The molecule has 3 heteroatoms. The lowest BCUT2D eigenvalue weighted by Gasteiger charge is -2.09. The summed E-state index contributed by atoms with van der Waals surface area (Å²) >= 11 is 0. The molecule has 0 radical (unpaired) electrons. The molecule has 0 aliphatic carbocycles. The van der Waals surface area contributed by atoms with Crippen LogP contribution in [0.25, 0.3) is 0 Å². The molecule has 0 spiro atoms. The second-order valence-electron chi connectivity index (χ2n) is 4.28. The summed E-state index contributed by atoms with van der Waals surface area (Å²) in [6, 6.07) is 14.0. The fourth-order valence-corrected chi connectivity index (χ4v) is 1.66. The van der Waals surface area contributed by atoms with Crippen molar-refractivity contribution in [2.45, 2.75) is 19.6 Å². The smallest absolute Gasteiger partial charge is 0.123 e. The van der Waals surface area contributed by atoms with Gasteiger partial charge < -0.3 is 10.5 Å². The fourth-order valence-electron chi connectivity index (χ4n) is 1.66. The van der Waals surface area contributed by atoms with Gasteiger partial charge in [-0.1, -0.05) is 24.3 Å². The van der Waals surface area contributed by atoms with Crippen LogP contribution in [0.2, 0.25) is 0 Å². The van der Waals surface area contributed by atoms with Gasteiger partial charge in [-0.3, -0.25) is 0 Å². The fraction of sp³-hybridized carbons (Fsp3) is 0.200. The predicted molar refractivity (Wildman–Crippen MR) is 69.8 cm³/mol. The second-order valence-corrected chi connectivity index (χ2v) is 4.28. The summed E-state index contributed by atoms with van der Waals surface area (Å²) in [5, 5.41) is 0. The number of halogens is 1. The maximum atomic E-state index is 13.0. The van der Waals surface area contributed by atoms with E-state index in [4.69, 9.17) is 10.5 Å². The summed E-state index contributed by atoms with van der Waals surface area (Å²) in [5.41, 5.74) is 7.64. The van der Waals surface area contributed by atoms with Crippen molar-refractivity contribution >= 4 is 0 Å². The zero-order valence-electron chi connectivity index (χ0n) is 10.3. The van der Waals surface area contributed by atoms with E-state index in [0.29, 0.717) is 6.61 Å². The molecule has 1 atom stereocenters. The third kappa shape index (κ3) is 3.31. The molecule has 2 rings (SSSR count). The minimum absolute atomic E-state index is 0.0160. The maximum Gasteiger partial charge on any atom is 0.123 e. The summed E-state index contributed by atoms with van der Waals surface area (Å²) in [4.78, 5) is 0. The van der Waals surface area contributed by atoms with E-state index < -0.39 is 0 Å². The number of hydrogen-bond donors (Lipinski definition) is 1. The zero-order valence-corrected chi connectivity index (χ0v) is 10.3. The van der Waals surface area contributed by atoms with Crippen LogP contribution in [0.15, 0.2) is 48.5 Å². The Morgan fingerprint density at radius 1 is 1.17 bits per heavy atom. The SMILES string of the molecule is C[C@@H](N)c1ccc(OCc2cccc(F)c2)cc1. The van der Waals surface area contributed by atoms with E-state index in [1.807, 2.05) is 37.3 Å². The average molecular weight is 245 g/mol. The molecular weight excluding hydrogens is 229 g/mol. The molecular formula is C15H16FNO. The molecule has 2 N–H and O–H groups in total. The van der Waals surface area contributed by atoms with Crippen LogP contribution in [0, 0.1) is 5.82 Å². The number of nitrogens with two attached hydrogens (primary N) is 1. The quantitative estimate of drug-likeness (QED) is 0.895. The van der Waals surface area contributed by atoms with E-state index in [1.165, 1.54) is 12.1 Å². The highest BCUT2D eigenvalue weighted by molar-refractivity contribution is 5.29. The van der Waals surface area contributed by atoms with Gasteiger partial charge in [0.15, 0.2) is 0 Å². The monoisotopic (exact) mass is 245 g/mol. The lowest BCUT2D eigenvalue weighted by atomic mass is 10.1. The van der Waals surface area contributed by atoms with Gasteiger partial charge in [0.05, 0.1) is 0 Å². The van der Waals surface area contributed by atoms with Gasteiger partial charge in [0.1, 0.15) is 18.2 Å². The molecule has 18 heavy (non-hydrogen) atoms. The van der Waals surface area contributed by atoms with Crippen molar-refractivity contribution in [3.05, 3.63) is 65.5 Å². The number of ether oxygens (including phenoxy) is 1. The Hall–Kier alpha value is -1.87. The molecule has 0 unspecified atom stereocenters. The molecule has 0 saturated heterocycles. The summed E-state index contributed by atoms with van der Waals surface area (Å²) in [7, 11) is 0. The molecule has 0 aliphatic heterocycles. The topological polar surface area (TPSA) is 35.2 Å². The van der Waals surface area contributed by atoms with Crippen LogP contribution in [0.1, 0.15) is 24.1 Å². The first-order valence-electron chi connectivity index (χ1n) is 5.88. The lowest BCUT2D eigenvalue weighted by Crippen LogP contribution is -2.04. The number of benzene rings is 2. The molecule has 0 saturated carbocycles. The third-order valence-corrected chi connectivity index (χ3v) is 2.70. The average Bonchev–Trinajstić information content (AvgIpc) is 2.37. The van der Waals surface area contributed by atoms with Crippen molar-refractivity contribution in [3.63, 3.8) is 0 Å². The molecule has 0 aliphatic rings. The Kier molecular flexibility index (Phi) is 3.95. The van der Waals surface area contributed by atoms with Crippen molar-refractivity contribution in [3.8, 4) is 5.75 Å². The number of hydrogen-bond acceptors (Lipinski definition) is 2. The first-order valence-corrected chi connectivity index (χ1v) is 5.88. The third-order valence-electron chi connectivity index (χ3n) is 2.70. The molecule has 0 heterocycles. The Balaban J connectivity index is 1.98. The van der Waals surface area contributed by atoms with Gasteiger partial charge in [-0.2, -0.15) is 0 Å². The molecule has 2 aromatic rings. The van der Waals surface area contributed by atoms with Gasteiger partial charge in [0.2, 0.25) is 0 Å². The van der Waals surface area contributed by atoms with Gasteiger partial charge in [0, 0.05) is 6.04 Å². The van der Waals surface area contributed by atoms with Crippen LogP contribution >= 0.6 is 0 Å². The van der Waals surface area contributed by atoms with E-state index in [9.17, 15) is 4.39 Å². The van der Waals surface area contributed by atoms with Crippen molar-refractivity contribution in [2.24, 2.45) is 5.73 Å². The zero-order chi connectivity index (χ0) is 13.0. The first-order chi connectivity index (χ1) is 8.65. The largest absolute Gasteiger partial charge is 0.489 e. The van der Waals surface area contributed by atoms with Crippen molar-refractivity contribution in [1.29, 1.82) is 0 Å². The first kappa shape index (κ1) is 12.6. The van der Waals surface area contributed by atoms with Crippen LogP contribution in [0.3, 0.4) is 0 Å². The van der Waals surface area contributed by atoms with E-state index in [-0.39, 0.29) is 11.9 Å². The lowest BCUT2D eigenvalue weighted by molar-refractivity contribution is 0.305. The maximum absolute atomic E-state index is 13.0. The van der Waals surface area contributed by atoms with Crippen LogP contribution in [-0.4, -0.2) is 0 Å². The minimum atomic E-state index is -0.247. The van der Waals surface area contributed by atoms with Gasteiger partial charge in [-0.15, -0.1) is 0 Å². The summed E-state index contributed by atoms with van der Waals surface area (Å²) < 4.78 is 18.5. The summed E-state index contributed by atoms with van der Waals surface area (Å²) in [5.74, 6) is 0.507. The van der Waals surface area contributed by atoms with Gasteiger partial charge in [-0.05, 0) is 42.3 Å². The highest BCUT2D eigenvalue weighted by atomic mass is 19.1. The molecule has 2 aromatic carbocycles. The van der Waals surface area contributed by atoms with Crippen molar-refractivity contribution in [2.75, 3.05) is 0 Å².